The van der Waals surface area contributed by atoms with Gasteiger partial charge in [-0.1, -0.05) is 40.0 Å². The Balaban J connectivity index is 3.02. The monoisotopic (exact) mass is 347 g/mol. The fourth-order valence-corrected chi connectivity index (χ4v) is 7.07. The van der Waals surface area contributed by atoms with E-state index in [2.05, 4.69) is 30.5 Å². The van der Waals surface area contributed by atoms with Crippen molar-refractivity contribution in [2.75, 3.05) is 17.3 Å². The molecule has 0 fully saturated rings. The predicted octanol–water partition coefficient (Wildman–Crippen LogP) is 6.25. The second-order valence-electron chi connectivity index (χ2n) is 5.93. The fraction of sp³-hybridized carbons (Fsp3) is 0.722. The number of rotatable bonds is 12. The molecule has 0 spiro atoms. The number of alkyl halides is 2. The van der Waals surface area contributed by atoms with Gasteiger partial charge in [0.1, 0.15) is 5.75 Å². The smallest absolute Gasteiger partial charge is 0.387 e. The van der Waals surface area contributed by atoms with Crippen LogP contribution in [0.2, 0.25) is 0 Å². The zero-order valence-corrected chi connectivity index (χ0v) is 15.5. The summed E-state index contributed by atoms with van der Waals surface area (Å²) in [4.78, 5) is 4.54. The Hall–Kier alpha value is -0.840. The first-order valence-electron chi connectivity index (χ1n) is 8.75. The molecule has 0 aliphatic heterocycles. The van der Waals surface area contributed by atoms with Crippen LogP contribution in [-0.4, -0.2) is 28.9 Å². The zero-order valence-electron chi connectivity index (χ0n) is 14.7. The van der Waals surface area contributed by atoms with E-state index in [1.54, 1.807) is 6.07 Å². The van der Waals surface area contributed by atoms with E-state index in [0.717, 1.165) is 5.03 Å². The van der Waals surface area contributed by atoms with Crippen LogP contribution in [-0.2, 0) is 0 Å². The second kappa shape index (κ2) is 10.8. The normalized spacial score (nSPS) is 12.6. The number of pyridine rings is 1. The summed E-state index contributed by atoms with van der Waals surface area (Å²) in [5.41, 5.74) is 0. The van der Waals surface area contributed by atoms with Crippen molar-refractivity contribution in [3.05, 3.63) is 18.3 Å². The van der Waals surface area contributed by atoms with Crippen molar-refractivity contribution in [2.45, 2.75) is 70.9 Å². The molecule has 0 saturated heterocycles. The van der Waals surface area contributed by atoms with Gasteiger partial charge in [-0.2, -0.15) is 18.8 Å². The van der Waals surface area contributed by atoms with E-state index in [9.17, 15) is 8.78 Å². The van der Waals surface area contributed by atoms with Crippen LogP contribution in [0.15, 0.2) is 23.4 Å². The van der Waals surface area contributed by atoms with Crippen molar-refractivity contribution in [3.8, 4) is 5.75 Å². The molecule has 1 rings (SSSR count). The molecule has 134 valence electrons. The van der Waals surface area contributed by atoms with Gasteiger partial charge in [0, 0.05) is 0 Å². The molecule has 0 aliphatic carbocycles. The minimum Gasteiger partial charge on any atom is -0.433 e. The first-order chi connectivity index (χ1) is 11.1. The summed E-state index contributed by atoms with van der Waals surface area (Å²) in [6.07, 6.45) is 8.63. The largest absolute Gasteiger partial charge is 0.433 e. The first-order valence-corrected chi connectivity index (χ1v) is 10.9. The Bertz CT molecular complexity index is 404. The summed E-state index contributed by atoms with van der Waals surface area (Å²) < 4.78 is 29.1. The van der Waals surface area contributed by atoms with Crippen molar-refractivity contribution in [1.82, 2.24) is 4.98 Å². The van der Waals surface area contributed by atoms with Crippen molar-refractivity contribution >= 4 is 10.0 Å². The zero-order chi connectivity index (χ0) is 17.1. The second-order valence-corrected chi connectivity index (χ2v) is 9.66. The highest BCUT2D eigenvalue weighted by atomic mass is 32.3. The number of halogens is 2. The predicted molar refractivity (Wildman–Crippen MR) is 96.1 cm³/mol. The Morgan fingerprint density at radius 1 is 0.957 bits per heavy atom. The molecule has 2 nitrogen and oxygen atoms in total. The van der Waals surface area contributed by atoms with Gasteiger partial charge in [-0.05, 0) is 48.7 Å². The van der Waals surface area contributed by atoms with E-state index in [4.69, 9.17) is 0 Å². The number of ether oxygens (including phenoxy) is 1. The maximum atomic E-state index is 12.3. The van der Waals surface area contributed by atoms with E-state index < -0.39 is 16.6 Å². The standard InChI is InChI=1S/C18H31F2NOS/c1-4-7-12-23(13-8-5-2,14-9-6-3)17-11-10-16(15-21-17)22-18(19)20/h10-11,15,18H,4-9,12-14H2,1-3H3. The molecule has 0 saturated carbocycles. The van der Waals surface area contributed by atoms with E-state index in [1.807, 2.05) is 6.07 Å². The van der Waals surface area contributed by atoms with Crippen LogP contribution in [0.25, 0.3) is 0 Å². The summed E-state index contributed by atoms with van der Waals surface area (Å²) in [7, 11) is -0.961. The topological polar surface area (TPSA) is 22.1 Å². The first kappa shape index (κ1) is 20.2. The molecule has 0 radical (unpaired) electrons. The van der Waals surface area contributed by atoms with Crippen LogP contribution in [0.3, 0.4) is 0 Å². The van der Waals surface area contributed by atoms with E-state index in [1.165, 1.54) is 62.0 Å². The van der Waals surface area contributed by atoms with E-state index in [0.29, 0.717) is 0 Å². The molecule has 1 aromatic rings. The van der Waals surface area contributed by atoms with Gasteiger partial charge < -0.3 is 4.74 Å². The summed E-state index contributed by atoms with van der Waals surface area (Å²) in [5.74, 6) is 3.75. The molecular formula is C18H31F2NOS. The van der Waals surface area contributed by atoms with E-state index >= 15 is 0 Å². The van der Waals surface area contributed by atoms with Crippen molar-refractivity contribution in [2.24, 2.45) is 0 Å². The lowest BCUT2D eigenvalue weighted by Crippen LogP contribution is -2.16. The van der Waals surface area contributed by atoms with Crippen LogP contribution in [0.4, 0.5) is 8.78 Å². The molecule has 1 heterocycles. The minimum atomic E-state index is -2.79. The van der Waals surface area contributed by atoms with Gasteiger partial charge >= 0.3 is 6.61 Å². The Morgan fingerprint density at radius 2 is 1.48 bits per heavy atom. The lowest BCUT2D eigenvalue weighted by molar-refractivity contribution is -0.0501. The van der Waals surface area contributed by atoms with Crippen LogP contribution in [0.5, 0.6) is 5.75 Å². The van der Waals surface area contributed by atoms with Crippen LogP contribution >= 0.6 is 10.0 Å². The molecule has 23 heavy (non-hydrogen) atoms. The quantitative estimate of drug-likeness (QED) is 0.446. The third kappa shape index (κ3) is 6.66. The average Bonchev–Trinajstić information content (AvgIpc) is 2.55. The molecule has 1 aromatic heterocycles. The van der Waals surface area contributed by atoms with E-state index in [-0.39, 0.29) is 5.75 Å². The van der Waals surface area contributed by atoms with Gasteiger partial charge in [0.25, 0.3) is 0 Å². The maximum absolute atomic E-state index is 12.3. The third-order valence-corrected chi connectivity index (χ3v) is 8.38. The molecule has 5 heteroatoms. The molecule has 0 amide bonds. The molecule has 0 unspecified atom stereocenters. The molecule has 0 N–H and O–H groups in total. The van der Waals surface area contributed by atoms with Crippen LogP contribution in [0.1, 0.15) is 59.3 Å². The Labute approximate surface area is 141 Å². The fourth-order valence-electron chi connectivity index (χ4n) is 2.68. The highest BCUT2D eigenvalue weighted by Gasteiger charge is 2.26. The third-order valence-electron chi connectivity index (χ3n) is 4.04. The number of hydrogen-bond donors (Lipinski definition) is 0. The van der Waals surface area contributed by atoms with Gasteiger partial charge in [-0.25, -0.2) is 4.98 Å². The summed E-state index contributed by atoms with van der Waals surface area (Å²) >= 11 is 0. The number of unbranched alkanes of at least 4 members (excludes halogenated alkanes) is 3. The SMILES string of the molecule is CCCCS(CCCC)(CCCC)c1ccc(OC(F)F)cn1. The van der Waals surface area contributed by atoms with Crippen LogP contribution in [0, 0.1) is 0 Å². The van der Waals surface area contributed by atoms with Gasteiger partial charge in [0.2, 0.25) is 0 Å². The summed E-state index contributed by atoms with van der Waals surface area (Å²) in [5, 5.41) is 1.12. The summed E-state index contributed by atoms with van der Waals surface area (Å²) in [6, 6.07) is 3.58. The van der Waals surface area contributed by atoms with Gasteiger partial charge in [0.05, 0.1) is 11.2 Å². The number of nitrogens with zero attached hydrogens (tertiary/aromatic N) is 1. The summed E-state index contributed by atoms with van der Waals surface area (Å²) in [6.45, 7) is 3.87. The van der Waals surface area contributed by atoms with Crippen molar-refractivity contribution < 1.29 is 13.5 Å². The minimum absolute atomic E-state index is 0.151. The molecule has 0 atom stereocenters. The van der Waals surface area contributed by atoms with Gasteiger partial charge in [0.15, 0.2) is 0 Å². The van der Waals surface area contributed by atoms with Crippen molar-refractivity contribution in [3.63, 3.8) is 0 Å². The van der Waals surface area contributed by atoms with Crippen molar-refractivity contribution in [1.29, 1.82) is 0 Å². The lowest BCUT2D eigenvalue weighted by Gasteiger charge is -2.40. The van der Waals surface area contributed by atoms with Gasteiger partial charge in [-0.15, -0.1) is 0 Å². The Morgan fingerprint density at radius 3 is 1.83 bits per heavy atom. The molecule has 0 bridgehead atoms. The molecular weight excluding hydrogens is 316 g/mol. The molecule has 0 aliphatic rings. The molecule has 0 aromatic carbocycles. The lowest BCUT2D eigenvalue weighted by atomic mass is 10.4. The highest BCUT2D eigenvalue weighted by Crippen LogP contribution is 2.56. The highest BCUT2D eigenvalue weighted by molar-refractivity contribution is 8.33. The Kier molecular flexibility index (Phi) is 9.53. The van der Waals surface area contributed by atoms with Gasteiger partial charge in [-0.3, -0.25) is 0 Å². The number of hydrogen-bond acceptors (Lipinski definition) is 2. The number of aromatic nitrogens is 1. The van der Waals surface area contributed by atoms with Crippen LogP contribution < -0.4 is 4.74 Å². The average molecular weight is 348 g/mol. The maximum Gasteiger partial charge on any atom is 0.387 e.